The molecule has 0 aromatic carbocycles. The summed E-state index contributed by atoms with van der Waals surface area (Å²) in [5.74, 6) is 4.54. The second-order valence-corrected chi connectivity index (χ2v) is 21.9. The Labute approximate surface area is 403 Å². The van der Waals surface area contributed by atoms with Crippen molar-refractivity contribution in [2.24, 2.45) is 11.8 Å². The molecule has 4 aliphatic rings. The Kier molecular flexibility index (Phi) is 14.3. The number of fused-ring (bicyclic) bond motifs is 2. The van der Waals surface area contributed by atoms with Gasteiger partial charge in [-0.2, -0.15) is 8.61 Å². The Balaban J connectivity index is 0.000000646. The zero-order valence-corrected chi connectivity index (χ0v) is 40.6. The first-order valence-electron chi connectivity index (χ1n) is 28.4. The Hall–Kier alpha value is -4.66. The van der Waals surface area contributed by atoms with Crippen LogP contribution in [0.2, 0.25) is 0 Å². The van der Waals surface area contributed by atoms with Gasteiger partial charge in [-0.3, -0.25) is 0 Å². The summed E-state index contributed by atoms with van der Waals surface area (Å²) in [5, 5.41) is 3.34. The predicted octanol–water partition coefficient (Wildman–Crippen LogP) is 6.01. The minimum absolute atomic E-state index is 0. The van der Waals surface area contributed by atoms with Gasteiger partial charge >= 0.3 is 0 Å². The Morgan fingerprint density at radius 2 is 1.11 bits per heavy atom. The summed E-state index contributed by atoms with van der Waals surface area (Å²) in [6.45, 7) is 11.8. The van der Waals surface area contributed by atoms with E-state index in [4.69, 9.17) is 19.8 Å². The molecule has 0 radical (unpaired) electrons. The van der Waals surface area contributed by atoms with Gasteiger partial charge in [-0.1, -0.05) is 13.8 Å². The van der Waals surface area contributed by atoms with Crippen LogP contribution in [0.3, 0.4) is 0 Å². The van der Waals surface area contributed by atoms with Crippen LogP contribution in [0, 0.1) is 11.8 Å². The molecule has 65 heavy (non-hydrogen) atoms. The highest BCUT2D eigenvalue weighted by molar-refractivity contribution is 7.88. The maximum atomic E-state index is 11.8. The van der Waals surface area contributed by atoms with Gasteiger partial charge in [0.15, 0.2) is 0 Å². The molecule has 4 aromatic rings. The SMILES string of the molecule is CCc1cnc(N2CCC(CCCN(C)c3ncc4c(n3)CCN(S(C)(=O)=O)C4)CC2)nc1.CCc1cnc(N2CCC(CCCNc3ncc4c(n3)CCN(S(C)(=O)=O)C4)CC2)nc1.[2HH].[2H][2H].[2H][2H].[2H][2H].[2H][2H].[2H][2H]. The van der Waals surface area contributed by atoms with Gasteiger partial charge in [0.05, 0.1) is 23.9 Å². The van der Waals surface area contributed by atoms with Crippen LogP contribution in [0.4, 0.5) is 23.8 Å². The Morgan fingerprint density at radius 3 is 1.58 bits per heavy atom. The maximum absolute atomic E-state index is 11.8. The molecule has 366 valence electrons. The van der Waals surface area contributed by atoms with E-state index >= 15 is 0 Å². The molecule has 2 fully saturated rings. The quantitative estimate of drug-likeness (QED) is 0.128. The summed E-state index contributed by atoms with van der Waals surface area (Å²) in [6.07, 6.45) is 26.2. The van der Waals surface area contributed by atoms with Crippen LogP contribution in [-0.2, 0) is 58.8 Å². The standard InChI is InChI=1S/C23H35N7O2S.C22H33N7O2S.6H2/c1-4-18-14-24-22(25-15-18)29-11-7-19(8-12-29)6-5-10-28(2)23-26-16-20-17-30(33(3,31)32)13-9-21(20)27-23;1-3-17-13-25-22(26-14-17)28-10-6-18(7-11-28)5-4-9-23-21-24-15-19-16-29(32(2,30)31)12-8-20(19)27-21;;;;;;/h14-16,19H,4-13,17H2,1-3H3;13-15,18H,3-12,16H2,1-2H3,(H,23,24,27);6*1H/i;;5*1+1D;1+1. The van der Waals surface area contributed by atoms with E-state index in [1.807, 2.05) is 31.8 Å². The average Bonchev–Trinajstić information content (AvgIpc) is 3.46. The van der Waals surface area contributed by atoms with Crippen molar-refractivity contribution in [1.82, 2.24) is 48.5 Å². The van der Waals surface area contributed by atoms with Gasteiger partial charge in [-0.25, -0.2) is 56.7 Å². The molecule has 4 aliphatic heterocycles. The number of anilines is 4. The van der Waals surface area contributed by atoms with Crippen molar-refractivity contribution >= 4 is 43.8 Å². The zero-order valence-electron chi connectivity index (χ0n) is 48.9. The lowest BCUT2D eigenvalue weighted by Crippen LogP contribution is -2.36. The van der Waals surface area contributed by atoms with Gasteiger partial charge in [0.25, 0.3) is 0 Å². The number of aryl methyl sites for hydroxylation is 2. The van der Waals surface area contributed by atoms with Gasteiger partial charge in [-0.15, -0.1) is 0 Å². The van der Waals surface area contributed by atoms with Crippen LogP contribution in [0.15, 0.2) is 37.2 Å². The third-order valence-electron chi connectivity index (χ3n) is 13.2. The van der Waals surface area contributed by atoms with Crippen LogP contribution in [0.1, 0.15) is 115 Å². The molecule has 8 heterocycles. The molecule has 0 unspecified atom stereocenters. The molecule has 18 nitrogen and oxygen atoms in total. The van der Waals surface area contributed by atoms with E-state index in [1.54, 1.807) is 12.4 Å². The summed E-state index contributed by atoms with van der Waals surface area (Å²) in [5.41, 5.74) is 6.07. The third-order valence-corrected chi connectivity index (χ3v) is 15.7. The fourth-order valence-corrected chi connectivity index (χ4v) is 10.5. The van der Waals surface area contributed by atoms with Crippen molar-refractivity contribution in [2.45, 2.75) is 104 Å². The van der Waals surface area contributed by atoms with Crippen molar-refractivity contribution < 1.29 is 33.1 Å². The number of nitrogens with zero attached hydrogens (tertiary/aromatic N) is 13. The summed E-state index contributed by atoms with van der Waals surface area (Å²) < 4.78 is 100. The van der Waals surface area contributed by atoms with Crippen molar-refractivity contribution in [1.29, 1.82) is 0 Å². The van der Waals surface area contributed by atoms with Crippen LogP contribution in [0.25, 0.3) is 0 Å². The third kappa shape index (κ3) is 13.5. The first-order valence-corrected chi connectivity index (χ1v) is 27.1. The molecule has 4 aromatic heterocycles. The van der Waals surface area contributed by atoms with Crippen LogP contribution in [-0.4, -0.2) is 137 Å². The summed E-state index contributed by atoms with van der Waals surface area (Å²) in [4.78, 5) is 43.0. The average molecular weight is 956 g/mol. The topological polar surface area (TPSA) is 200 Å². The zero-order chi connectivity index (χ0) is 56.0. The van der Waals surface area contributed by atoms with Crippen molar-refractivity contribution in [3.8, 4) is 0 Å². The number of nitrogens with one attached hydrogen (secondary N) is 1. The lowest BCUT2D eigenvalue weighted by molar-refractivity contribution is 0.371. The molecule has 2 saturated heterocycles. The highest BCUT2D eigenvalue weighted by Gasteiger charge is 2.27. The first kappa shape index (κ1) is 41.7. The number of hydrogen-bond donors (Lipinski definition) is 1. The van der Waals surface area contributed by atoms with Crippen molar-refractivity contribution in [3.05, 3.63) is 70.8 Å². The van der Waals surface area contributed by atoms with E-state index in [0.717, 1.165) is 117 Å². The Bertz CT molecular complexity index is 2420. The van der Waals surface area contributed by atoms with Crippen LogP contribution >= 0.6 is 0 Å². The van der Waals surface area contributed by atoms with E-state index in [-0.39, 0.29) is 1.43 Å². The first-order chi connectivity index (χ1) is 36.2. The predicted molar refractivity (Wildman–Crippen MR) is 268 cm³/mol. The molecule has 1 N–H and O–H groups in total. The fraction of sp³-hybridized carbons (Fsp3) is 0.644. The van der Waals surface area contributed by atoms with E-state index in [9.17, 15) is 16.8 Å². The molecule has 20 heteroatoms. The maximum Gasteiger partial charge on any atom is 0.225 e. The smallest absolute Gasteiger partial charge is 0.225 e. The summed E-state index contributed by atoms with van der Waals surface area (Å²) in [6, 6.07) is 0. The lowest BCUT2D eigenvalue weighted by Gasteiger charge is -2.32. The van der Waals surface area contributed by atoms with Gasteiger partial charge in [0.1, 0.15) is 0 Å². The van der Waals surface area contributed by atoms with Gasteiger partial charge in [-0.05, 0) is 87.2 Å². The van der Waals surface area contributed by atoms with Gasteiger partial charge in [0.2, 0.25) is 43.8 Å². The second kappa shape index (κ2) is 22.2. The number of aromatic nitrogens is 8. The number of hydrogen-bond acceptors (Lipinski definition) is 16. The lowest BCUT2D eigenvalue weighted by atomic mass is 9.92. The minimum Gasteiger partial charge on any atom is -0.354 e. The van der Waals surface area contributed by atoms with Gasteiger partial charge < -0.3 is 20.0 Å². The molecule has 0 amide bonds. The number of piperidine rings is 2. The normalized spacial score (nSPS) is 18.4. The monoisotopic (exact) mass is 956 g/mol. The fourth-order valence-electron chi connectivity index (χ4n) is 8.94. The van der Waals surface area contributed by atoms with E-state index < -0.39 is 20.0 Å². The minimum atomic E-state index is -3.18. The van der Waals surface area contributed by atoms with Gasteiger partial charge in [0, 0.05) is 150 Å². The summed E-state index contributed by atoms with van der Waals surface area (Å²) >= 11 is 0. The van der Waals surface area contributed by atoms with E-state index in [1.165, 1.54) is 70.8 Å². The molecular weight excluding hydrogens is 865 g/mol. The molecule has 0 saturated carbocycles. The highest BCUT2D eigenvalue weighted by atomic mass is 32.2. The molecular formula is C45H80N14O4S2. The van der Waals surface area contributed by atoms with Crippen LogP contribution < -0.4 is 20.0 Å². The largest absolute Gasteiger partial charge is 0.354 e. The molecule has 8 rings (SSSR count). The molecule has 0 atom stereocenters. The summed E-state index contributed by atoms with van der Waals surface area (Å²) in [7, 11) is -4.32. The van der Waals surface area contributed by atoms with Crippen molar-refractivity contribution in [3.63, 3.8) is 0 Å². The van der Waals surface area contributed by atoms with Crippen molar-refractivity contribution in [2.75, 3.05) is 91.9 Å². The van der Waals surface area contributed by atoms with Crippen LogP contribution in [0.5, 0.6) is 0 Å². The van der Waals surface area contributed by atoms with E-state index in [0.29, 0.717) is 45.0 Å². The number of rotatable bonds is 16. The Morgan fingerprint density at radius 1 is 0.646 bits per heavy atom. The molecule has 0 bridgehead atoms. The van der Waals surface area contributed by atoms with E-state index in [2.05, 4.69) is 68.8 Å². The number of sulfonamides is 2. The highest BCUT2D eigenvalue weighted by Crippen LogP contribution is 2.27. The molecule has 0 spiro atoms. The molecule has 0 aliphatic carbocycles. The second-order valence-electron chi connectivity index (χ2n) is 18.0.